The van der Waals surface area contributed by atoms with E-state index in [0.29, 0.717) is 18.0 Å². The van der Waals surface area contributed by atoms with E-state index in [2.05, 4.69) is 22.8 Å². The fourth-order valence-electron chi connectivity index (χ4n) is 2.84. The van der Waals surface area contributed by atoms with Gasteiger partial charge in [0.25, 0.3) is 5.91 Å². The van der Waals surface area contributed by atoms with E-state index in [1.165, 1.54) is 10.5 Å². The molecule has 0 unspecified atom stereocenters. The molecule has 1 aliphatic rings. The Morgan fingerprint density at radius 3 is 2.30 bits per heavy atom. The predicted octanol–water partition coefficient (Wildman–Crippen LogP) is 3.01. The minimum atomic E-state index is -0.228. The van der Waals surface area contributed by atoms with Gasteiger partial charge < -0.3 is 20.3 Å². The first kappa shape index (κ1) is 18.8. The summed E-state index contributed by atoms with van der Waals surface area (Å²) in [7, 11) is 3.36. The van der Waals surface area contributed by atoms with E-state index >= 15 is 0 Å². The lowest BCUT2D eigenvalue weighted by Crippen LogP contribution is -2.35. The molecule has 0 radical (unpaired) electrons. The quantitative estimate of drug-likeness (QED) is 0.790. The molecule has 0 atom stereocenters. The van der Waals surface area contributed by atoms with E-state index in [4.69, 9.17) is 4.74 Å². The highest BCUT2D eigenvalue weighted by Gasteiger charge is 2.44. The Hall–Kier alpha value is -3.02. The van der Waals surface area contributed by atoms with E-state index in [1.807, 2.05) is 18.2 Å². The van der Waals surface area contributed by atoms with Crippen molar-refractivity contribution in [3.63, 3.8) is 0 Å². The SMILES string of the molecule is CN(C)C(=O)COc1ccc(NC(=O)NCC2(c3ccccc3)CC2)cc1. The molecule has 27 heavy (non-hydrogen) atoms. The van der Waals surface area contributed by atoms with Crippen molar-refractivity contribution < 1.29 is 14.3 Å². The highest BCUT2D eigenvalue weighted by Crippen LogP contribution is 2.47. The van der Waals surface area contributed by atoms with Crippen molar-refractivity contribution >= 4 is 17.6 Å². The first-order valence-electron chi connectivity index (χ1n) is 9.02. The summed E-state index contributed by atoms with van der Waals surface area (Å²) in [6.07, 6.45) is 2.18. The first-order valence-corrected chi connectivity index (χ1v) is 9.02. The van der Waals surface area contributed by atoms with E-state index in [1.54, 1.807) is 38.4 Å². The van der Waals surface area contributed by atoms with Crippen molar-refractivity contribution in [2.75, 3.05) is 32.6 Å². The number of carbonyl (C=O) groups is 2. The van der Waals surface area contributed by atoms with Crippen LogP contribution in [0.15, 0.2) is 54.6 Å². The molecule has 3 rings (SSSR count). The zero-order valence-electron chi connectivity index (χ0n) is 15.7. The molecular weight excluding hydrogens is 342 g/mol. The number of nitrogens with one attached hydrogen (secondary N) is 2. The summed E-state index contributed by atoms with van der Waals surface area (Å²) in [4.78, 5) is 25.2. The Bertz CT molecular complexity index is 784. The van der Waals surface area contributed by atoms with Crippen LogP contribution in [0.25, 0.3) is 0 Å². The van der Waals surface area contributed by atoms with Crippen LogP contribution in [0.1, 0.15) is 18.4 Å². The molecule has 0 bridgehead atoms. The second-order valence-electron chi connectivity index (χ2n) is 7.06. The van der Waals surface area contributed by atoms with Crippen LogP contribution in [-0.2, 0) is 10.2 Å². The van der Waals surface area contributed by atoms with Crippen LogP contribution in [0.2, 0.25) is 0 Å². The topological polar surface area (TPSA) is 70.7 Å². The molecule has 2 aromatic carbocycles. The van der Waals surface area contributed by atoms with Crippen LogP contribution < -0.4 is 15.4 Å². The molecule has 6 heteroatoms. The predicted molar refractivity (Wildman–Crippen MR) is 105 cm³/mol. The van der Waals surface area contributed by atoms with Crippen LogP contribution in [-0.4, -0.2) is 44.1 Å². The van der Waals surface area contributed by atoms with Crippen LogP contribution in [0.5, 0.6) is 5.75 Å². The number of hydrogen-bond acceptors (Lipinski definition) is 3. The molecule has 1 aliphatic carbocycles. The summed E-state index contributed by atoms with van der Waals surface area (Å²) in [5.41, 5.74) is 2.03. The van der Waals surface area contributed by atoms with Gasteiger partial charge in [-0.15, -0.1) is 0 Å². The average molecular weight is 367 g/mol. The number of carbonyl (C=O) groups excluding carboxylic acids is 2. The monoisotopic (exact) mass is 367 g/mol. The third-order valence-corrected chi connectivity index (χ3v) is 4.80. The minimum absolute atomic E-state index is 0.0121. The zero-order valence-corrected chi connectivity index (χ0v) is 15.7. The van der Waals surface area contributed by atoms with Gasteiger partial charge in [-0.3, -0.25) is 4.79 Å². The molecule has 2 aromatic rings. The molecule has 0 aromatic heterocycles. The number of urea groups is 1. The second kappa shape index (κ2) is 8.12. The largest absolute Gasteiger partial charge is 0.484 e. The van der Waals surface area contributed by atoms with Crippen molar-refractivity contribution in [2.24, 2.45) is 0 Å². The van der Waals surface area contributed by atoms with E-state index in [0.717, 1.165) is 12.8 Å². The van der Waals surface area contributed by atoms with Crippen molar-refractivity contribution in [3.8, 4) is 5.75 Å². The molecule has 3 amide bonds. The summed E-state index contributed by atoms with van der Waals surface area (Å²) in [5, 5.41) is 5.79. The number of nitrogens with zero attached hydrogens (tertiary/aromatic N) is 1. The number of rotatable bonds is 7. The highest BCUT2D eigenvalue weighted by atomic mass is 16.5. The van der Waals surface area contributed by atoms with Gasteiger partial charge in [0.2, 0.25) is 0 Å². The Balaban J connectivity index is 1.46. The van der Waals surface area contributed by atoms with Crippen molar-refractivity contribution in [1.82, 2.24) is 10.2 Å². The van der Waals surface area contributed by atoms with Gasteiger partial charge >= 0.3 is 6.03 Å². The van der Waals surface area contributed by atoms with E-state index in [9.17, 15) is 9.59 Å². The van der Waals surface area contributed by atoms with Gasteiger partial charge in [-0.1, -0.05) is 30.3 Å². The van der Waals surface area contributed by atoms with Gasteiger partial charge in [-0.2, -0.15) is 0 Å². The third-order valence-electron chi connectivity index (χ3n) is 4.80. The second-order valence-corrected chi connectivity index (χ2v) is 7.06. The van der Waals surface area contributed by atoms with Gasteiger partial charge in [0.15, 0.2) is 6.61 Å². The summed E-state index contributed by atoms with van der Waals surface area (Å²) < 4.78 is 5.42. The van der Waals surface area contributed by atoms with Crippen LogP contribution in [0, 0.1) is 0 Å². The third kappa shape index (κ3) is 5.00. The van der Waals surface area contributed by atoms with Gasteiger partial charge in [-0.05, 0) is 42.7 Å². The molecule has 0 saturated heterocycles. The molecule has 6 nitrogen and oxygen atoms in total. The summed E-state index contributed by atoms with van der Waals surface area (Å²) in [6, 6.07) is 17.0. The molecule has 0 aliphatic heterocycles. The summed E-state index contributed by atoms with van der Waals surface area (Å²) >= 11 is 0. The highest BCUT2D eigenvalue weighted by molar-refractivity contribution is 5.89. The molecule has 142 valence electrons. The van der Waals surface area contributed by atoms with Gasteiger partial charge in [0.05, 0.1) is 0 Å². The Morgan fingerprint density at radius 2 is 1.70 bits per heavy atom. The zero-order chi connectivity index (χ0) is 19.3. The number of hydrogen-bond donors (Lipinski definition) is 2. The fraction of sp³-hybridized carbons (Fsp3) is 0.333. The molecular formula is C21H25N3O3. The number of benzene rings is 2. The van der Waals surface area contributed by atoms with Crippen molar-refractivity contribution in [3.05, 3.63) is 60.2 Å². The van der Waals surface area contributed by atoms with Gasteiger partial charge in [0.1, 0.15) is 5.75 Å². The van der Waals surface area contributed by atoms with Crippen molar-refractivity contribution in [1.29, 1.82) is 0 Å². The normalized spacial score (nSPS) is 14.1. The average Bonchev–Trinajstić information content (AvgIpc) is 3.47. The standard InChI is InChI=1S/C21H25N3O3/c1-24(2)19(25)14-27-18-10-8-17(9-11-18)23-20(26)22-15-21(12-13-21)16-6-4-3-5-7-16/h3-11H,12-15H2,1-2H3,(H2,22,23,26). The maximum atomic E-state index is 12.2. The smallest absolute Gasteiger partial charge is 0.319 e. The maximum Gasteiger partial charge on any atom is 0.319 e. The lowest BCUT2D eigenvalue weighted by Gasteiger charge is -2.17. The van der Waals surface area contributed by atoms with Crippen molar-refractivity contribution in [2.45, 2.75) is 18.3 Å². The molecule has 1 saturated carbocycles. The van der Waals surface area contributed by atoms with E-state index < -0.39 is 0 Å². The minimum Gasteiger partial charge on any atom is -0.484 e. The molecule has 0 heterocycles. The van der Waals surface area contributed by atoms with Gasteiger partial charge in [-0.25, -0.2) is 4.79 Å². The van der Waals surface area contributed by atoms with Crippen LogP contribution in [0.4, 0.5) is 10.5 Å². The number of anilines is 1. The Labute approximate surface area is 159 Å². The number of likely N-dealkylation sites (N-methyl/N-ethyl adjacent to an activating group) is 1. The lowest BCUT2D eigenvalue weighted by molar-refractivity contribution is -0.130. The Morgan fingerprint density at radius 1 is 1.04 bits per heavy atom. The molecule has 0 spiro atoms. The first-order chi connectivity index (χ1) is 13.0. The van der Waals surface area contributed by atoms with Crippen LogP contribution in [0.3, 0.4) is 0 Å². The Kier molecular flexibility index (Phi) is 5.64. The summed E-state index contributed by atoms with van der Waals surface area (Å²) in [5.74, 6) is 0.473. The summed E-state index contributed by atoms with van der Waals surface area (Å²) in [6.45, 7) is 0.610. The van der Waals surface area contributed by atoms with Gasteiger partial charge in [0, 0.05) is 31.7 Å². The lowest BCUT2D eigenvalue weighted by atomic mass is 9.96. The van der Waals surface area contributed by atoms with E-state index in [-0.39, 0.29) is 24.0 Å². The number of amides is 3. The maximum absolute atomic E-state index is 12.2. The number of ether oxygens (including phenoxy) is 1. The van der Waals surface area contributed by atoms with Crippen LogP contribution >= 0.6 is 0 Å². The molecule has 1 fully saturated rings. The molecule has 2 N–H and O–H groups in total. The fourth-order valence-corrected chi connectivity index (χ4v) is 2.84.